The van der Waals surface area contributed by atoms with Gasteiger partial charge < -0.3 is 14.2 Å². The van der Waals surface area contributed by atoms with Gasteiger partial charge in [0.2, 0.25) is 11.5 Å². The van der Waals surface area contributed by atoms with E-state index in [1.807, 2.05) is 7.05 Å². The van der Waals surface area contributed by atoms with Crippen LogP contribution in [0.15, 0.2) is 23.4 Å². The zero-order chi connectivity index (χ0) is 18.9. The van der Waals surface area contributed by atoms with E-state index < -0.39 is 21.7 Å². The van der Waals surface area contributed by atoms with Crippen molar-refractivity contribution in [2.45, 2.75) is 36.6 Å². The van der Waals surface area contributed by atoms with Crippen molar-refractivity contribution in [2.75, 3.05) is 34.9 Å². The Morgan fingerprint density at radius 3 is 2.46 bits per heavy atom. The molecule has 0 radical (unpaired) electrons. The lowest BCUT2D eigenvalue weighted by atomic mass is 9.53. The number of hydrogen-bond acceptors (Lipinski definition) is 6. The molecule has 142 valence electrons. The standard InChI is InChI=1S/C19H24ClNO5/c1-21-6-5-17-9-12(22)15(25-3)16(26-4)19(17,21)10-13(20)18(17)8-11(24-2)7-14(18)23/h7,13H,5-6,8-10H2,1-4H3/t13-,17-,18+,19+/m0/s1. The molecule has 3 aliphatic carbocycles. The number of methoxy groups -OCH3 is 3. The van der Waals surface area contributed by atoms with Crippen LogP contribution in [-0.4, -0.2) is 62.3 Å². The highest BCUT2D eigenvalue weighted by molar-refractivity contribution is 6.25. The van der Waals surface area contributed by atoms with Crippen LogP contribution in [0, 0.1) is 10.8 Å². The van der Waals surface area contributed by atoms with E-state index >= 15 is 0 Å². The molecule has 7 heteroatoms. The summed E-state index contributed by atoms with van der Waals surface area (Å²) < 4.78 is 16.6. The van der Waals surface area contributed by atoms with Crippen molar-refractivity contribution in [1.82, 2.24) is 4.90 Å². The lowest BCUT2D eigenvalue weighted by Crippen LogP contribution is -2.60. The summed E-state index contributed by atoms with van der Waals surface area (Å²) in [6.45, 7) is 0.762. The third kappa shape index (κ3) is 1.64. The molecule has 4 rings (SSSR count). The first kappa shape index (κ1) is 17.9. The number of ketones is 2. The summed E-state index contributed by atoms with van der Waals surface area (Å²) in [5.74, 6) is 1.24. The Labute approximate surface area is 158 Å². The Morgan fingerprint density at radius 1 is 1.15 bits per heavy atom. The van der Waals surface area contributed by atoms with E-state index in [2.05, 4.69) is 4.90 Å². The third-order valence-corrected chi connectivity index (χ3v) is 7.86. The van der Waals surface area contributed by atoms with Crippen LogP contribution in [0.25, 0.3) is 0 Å². The minimum atomic E-state index is -0.858. The maximum absolute atomic E-state index is 13.3. The first-order chi connectivity index (χ1) is 12.3. The van der Waals surface area contributed by atoms with Gasteiger partial charge in [0.05, 0.1) is 32.3 Å². The zero-order valence-corrected chi connectivity index (χ0v) is 16.3. The molecule has 1 spiro atoms. The molecule has 1 heterocycles. The molecule has 1 saturated heterocycles. The molecular formula is C19H24ClNO5. The van der Waals surface area contributed by atoms with E-state index in [9.17, 15) is 9.59 Å². The second kappa shape index (κ2) is 5.49. The summed E-state index contributed by atoms with van der Waals surface area (Å²) in [7, 11) is 6.62. The summed E-state index contributed by atoms with van der Waals surface area (Å²) in [5, 5.41) is -0.421. The van der Waals surface area contributed by atoms with Gasteiger partial charge in [-0.15, -0.1) is 11.6 Å². The van der Waals surface area contributed by atoms with Gasteiger partial charge in [0, 0.05) is 29.7 Å². The maximum Gasteiger partial charge on any atom is 0.201 e. The summed E-state index contributed by atoms with van der Waals surface area (Å²) >= 11 is 6.92. The first-order valence-corrected chi connectivity index (χ1v) is 9.28. The molecule has 0 aromatic heterocycles. The summed E-state index contributed by atoms with van der Waals surface area (Å²) in [6.07, 6.45) is 3.46. The number of likely N-dealkylation sites (N-methyl/N-ethyl adjacent to an activating group) is 1. The molecular weight excluding hydrogens is 358 g/mol. The Kier molecular flexibility index (Phi) is 3.77. The molecule has 2 fully saturated rings. The Hall–Kier alpha value is -1.53. The number of carbonyl (C=O) groups excluding carboxylic acids is 2. The highest BCUT2D eigenvalue weighted by Gasteiger charge is 2.81. The summed E-state index contributed by atoms with van der Waals surface area (Å²) in [6, 6.07) is 0. The lowest BCUT2D eigenvalue weighted by Gasteiger charge is -2.52. The number of alkyl halides is 1. The van der Waals surface area contributed by atoms with Crippen molar-refractivity contribution in [3.8, 4) is 0 Å². The number of Topliss-reactive ketones (excluding diaryl/α,β-unsaturated/α-hetero) is 1. The average Bonchev–Trinajstić information content (AvgIpc) is 3.18. The quantitative estimate of drug-likeness (QED) is 0.697. The molecule has 0 aromatic carbocycles. The number of allylic oxidation sites excluding steroid dienone is 3. The normalized spacial score (nSPS) is 42.2. The average molecular weight is 382 g/mol. The van der Waals surface area contributed by atoms with Gasteiger partial charge in [-0.3, -0.25) is 14.5 Å². The minimum absolute atomic E-state index is 0.0318. The van der Waals surface area contributed by atoms with Crippen molar-refractivity contribution >= 4 is 23.2 Å². The van der Waals surface area contributed by atoms with E-state index in [1.165, 1.54) is 7.11 Å². The number of halogens is 1. The zero-order valence-electron chi connectivity index (χ0n) is 15.6. The fourth-order valence-electron chi connectivity index (χ4n) is 6.30. The lowest BCUT2D eigenvalue weighted by molar-refractivity contribution is -0.139. The van der Waals surface area contributed by atoms with Gasteiger partial charge in [-0.25, -0.2) is 0 Å². The Bertz CT molecular complexity index is 761. The van der Waals surface area contributed by atoms with Crippen molar-refractivity contribution in [3.05, 3.63) is 23.4 Å². The van der Waals surface area contributed by atoms with Gasteiger partial charge in [-0.1, -0.05) is 0 Å². The largest absolute Gasteiger partial charge is 0.501 e. The molecule has 1 saturated carbocycles. The fourth-order valence-corrected chi connectivity index (χ4v) is 6.92. The third-order valence-electron chi connectivity index (χ3n) is 7.33. The van der Waals surface area contributed by atoms with Crippen molar-refractivity contribution in [3.63, 3.8) is 0 Å². The number of ether oxygens (including phenoxy) is 3. The Balaban J connectivity index is 2.00. The van der Waals surface area contributed by atoms with Crippen LogP contribution in [0.3, 0.4) is 0 Å². The predicted octanol–water partition coefficient (Wildman–Crippen LogP) is 2.02. The van der Waals surface area contributed by atoms with Gasteiger partial charge >= 0.3 is 0 Å². The number of hydrogen-bond donors (Lipinski definition) is 0. The van der Waals surface area contributed by atoms with Crippen LogP contribution in [0.4, 0.5) is 0 Å². The van der Waals surface area contributed by atoms with Crippen LogP contribution in [0.1, 0.15) is 25.7 Å². The van der Waals surface area contributed by atoms with Crippen LogP contribution >= 0.6 is 11.6 Å². The molecule has 0 amide bonds. The highest BCUT2D eigenvalue weighted by atomic mass is 35.5. The van der Waals surface area contributed by atoms with Gasteiger partial charge in [0.1, 0.15) is 5.76 Å². The van der Waals surface area contributed by atoms with Crippen molar-refractivity contribution < 1.29 is 23.8 Å². The van der Waals surface area contributed by atoms with E-state index in [-0.39, 0.29) is 23.7 Å². The van der Waals surface area contributed by atoms with Crippen molar-refractivity contribution in [2.24, 2.45) is 10.8 Å². The number of carbonyl (C=O) groups is 2. The molecule has 0 aromatic rings. The minimum Gasteiger partial charge on any atom is -0.501 e. The highest BCUT2D eigenvalue weighted by Crippen LogP contribution is 2.74. The summed E-state index contributed by atoms with van der Waals surface area (Å²) in [4.78, 5) is 28.5. The molecule has 0 N–H and O–H groups in total. The monoisotopic (exact) mass is 381 g/mol. The number of rotatable bonds is 3. The van der Waals surface area contributed by atoms with Crippen LogP contribution in [-0.2, 0) is 23.8 Å². The SMILES string of the molecule is COC1=CC(=O)[C@@]2(C1)[C@@H](Cl)C[C@@]13C(OC)=C(OC)C(=O)C[C@@]21CCN3C. The van der Waals surface area contributed by atoms with Gasteiger partial charge in [-0.05, 0) is 26.4 Å². The fraction of sp³-hybridized carbons (Fsp3) is 0.684. The van der Waals surface area contributed by atoms with Crippen LogP contribution < -0.4 is 0 Å². The molecule has 6 nitrogen and oxygen atoms in total. The van der Waals surface area contributed by atoms with Gasteiger partial charge in [0.15, 0.2) is 11.5 Å². The maximum atomic E-state index is 13.3. The van der Waals surface area contributed by atoms with Gasteiger partial charge in [-0.2, -0.15) is 0 Å². The van der Waals surface area contributed by atoms with E-state index in [1.54, 1.807) is 20.3 Å². The molecule has 1 aliphatic heterocycles. The second-order valence-corrected chi connectivity index (χ2v) is 8.31. The first-order valence-electron chi connectivity index (χ1n) is 8.85. The second-order valence-electron chi connectivity index (χ2n) is 7.78. The molecule has 4 aliphatic rings. The van der Waals surface area contributed by atoms with Crippen LogP contribution in [0.5, 0.6) is 0 Å². The number of likely N-dealkylation sites (tertiary alicyclic amines) is 1. The molecule has 0 unspecified atom stereocenters. The van der Waals surface area contributed by atoms with Crippen molar-refractivity contribution in [1.29, 1.82) is 0 Å². The van der Waals surface area contributed by atoms with Gasteiger partial charge in [0.25, 0.3) is 0 Å². The smallest absolute Gasteiger partial charge is 0.201 e. The van der Waals surface area contributed by atoms with E-state index in [0.717, 1.165) is 6.54 Å². The molecule has 0 bridgehead atoms. The number of nitrogens with zero attached hydrogens (tertiary/aromatic N) is 1. The van der Waals surface area contributed by atoms with E-state index in [0.29, 0.717) is 30.8 Å². The topological polar surface area (TPSA) is 65.1 Å². The predicted molar refractivity (Wildman–Crippen MR) is 94.5 cm³/mol. The molecule has 4 atom stereocenters. The molecule has 26 heavy (non-hydrogen) atoms. The summed E-state index contributed by atoms with van der Waals surface area (Å²) in [5.41, 5.74) is -2.11. The van der Waals surface area contributed by atoms with Crippen LogP contribution in [0.2, 0.25) is 0 Å². The van der Waals surface area contributed by atoms with E-state index in [4.69, 9.17) is 25.8 Å². The Morgan fingerprint density at radius 2 is 1.88 bits per heavy atom.